The maximum absolute atomic E-state index is 6.66. The van der Waals surface area contributed by atoms with Crippen molar-refractivity contribution < 1.29 is 0 Å². The van der Waals surface area contributed by atoms with Crippen LogP contribution in [0.4, 0.5) is 0 Å². The molecule has 20 heavy (non-hydrogen) atoms. The highest BCUT2D eigenvalue weighted by atomic mass is 15.3. The summed E-state index contributed by atoms with van der Waals surface area (Å²) < 4.78 is 0. The fourth-order valence-corrected chi connectivity index (χ4v) is 3.53. The number of hydrogen-bond donors (Lipinski definition) is 1. The van der Waals surface area contributed by atoms with E-state index in [1.807, 2.05) is 0 Å². The van der Waals surface area contributed by atoms with E-state index < -0.39 is 0 Å². The average Bonchev–Trinajstić information content (AvgIpc) is 2.39. The Morgan fingerprint density at radius 2 is 1.25 bits per heavy atom. The molecule has 0 atom stereocenters. The Balaban J connectivity index is 1.77. The molecular weight excluding hydrogens is 248 g/mol. The number of nitrogens with two attached hydrogens (primary N) is 1. The van der Waals surface area contributed by atoms with E-state index >= 15 is 0 Å². The summed E-state index contributed by atoms with van der Waals surface area (Å²) >= 11 is 0. The van der Waals surface area contributed by atoms with Crippen LogP contribution in [-0.2, 0) is 0 Å². The smallest absolute Gasteiger partial charge is 0.0307 e. The molecule has 2 aliphatic heterocycles. The first-order chi connectivity index (χ1) is 9.39. The van der Waals surface area contributed by atoms with Gasteiger partial charge < -0.3 is 10.6 Å². The topological polar surface area (TPSA) is 35.7 Å². The first-order valence-corrected chi connectivity index (χ1v) is 8.39. The van der Waals surface area contributed by atoms with Gasteiger partial charge >= 0.3 is 0 Å². The molecule has 0 aliphatic carbocycles. The van der Waals surface area contributed by atoms with Crippen LogP contribution < -0.4 is 5.73 Å². The highest BCUT2D eigenvalue weighted by Gasteiger charge is 2.34. The van der Waals surface area contributed by atoms with Gasteiger partial charge in [0.2, 0.25) is 0 Å². The molecular formula is C16H34N4. The third-order valence-corrected chi connectivity index (χ3v) is 5.20. The molecule has 0 bridgehead atoms. The van der Waals surface area contributed by atoms with Gasteiger partial charge in [-0.1, -0.05) is 0 Å². The maximum atomic E-state index is 6.66. The normalized spacial score (nSPS) is 26.6. The molecule has 2 fully saturated rings. The van der Waals surface area contributed by atoms with Gasteiger partial charge in [0.25, 0.3) is 0 Å². The van der Waals surface area contributed by atoms with Gasteiger partial charge in [0, 0.05) is 63.4 Å². The lowest BCUT2D eigenvalue weighted by atomic mass is 9.87. The zero-order valence-electron chi connectivity index (χ0n) is 13.9. The van der Waals surface area contributed by atoms with E-state index in [1.54, 1.807) is 0 Å². The maximum Gasteiger partial charge on any atom is 0.0307 e. The van der Waals surface area contributed by atoms with Gasteiger partial charge in [-0.05, 0) is 40.5 Å². The van der Waals surface area contributed by atoms with Crippen molar-refractivity contribution in [3.05, 3.63) is 0 Å². The zero-order chi connectivity index (χ0) is 14.8. The molecule has 0 aromatic carbocycles. The van der Waals surface area contributed by atoms with Crippen molar-refractivity contribution in [2.24, 2.45) is 5.73 Å². The largest absolute Gasteiger partial charge is 0.324 e. The quantitative estimate of drug-likeness (QED) is 0.841. The summed E-state index contributed by atoms with van der Waals surface area (Å²) in [6.45, 7) is 17.4. The predicted molar refractivity (Wildman–Crippen MR) is 86.0 cm³/mol. The summed E-state index contributed by atoms with van der Waals surface area (Å²) in [7, 11) is 0. The fraction of sp³-hybridized carbons (Fsp3) is 1.00. The van der Waals surface area contributed by atoms with Gasteiger partial charge in [-0.25, -0.2) is 0 Å². The molecule has 118 valence electrons. The molecule has 2 heterocycles. The number of piperazine rings is 1. The summed E-state index contributed by atoms with van der Waals surface area (Å²) in [5, 5.41) is 0. The molecule has 4 nitrogen and oxygen atoms in total. The highest BCUT2D eigenvalue weighted by Crippen LogP contribution is 2.23. The first kappa shape index (κ1) is 16.2. The SMILES string of the molecule is CC(C)N1CCN(CC2(N)CCN(C(C)C)CC2)CC1. The summed E-state index contributed by atoms with van der Waals surface area (Å²) in [5.41, 5.74) is 6.71. The van der Waals surface area contributed by atoms with Gasteiger partial charge in [-0.3, -0.25) is 9.80 Å². The third-order valence-electron chi connectivity index (χ3n) is 5.20. The predicted octanol–water partition coefficient (Wildman–Crippen LogP) is 1.21. The molecule has 0 unspecified atom stereocenters. The minimum absolute atomic E-state index is 0.0470. The second-order valence-corrected chi connectivity index (χ2v) is 7.40. The van der Waals surface area contributed by atoms with Crippen molar-refractivity contribution in [3.63, 3.8) is 0 Å². The van der Waals surface area contributed by atoms with E-state index in [1.165, 1.54) is 39.3 Å². The summed E-state index contributed by atoms with van der Waals surface area (Å²) in [4.78, 5) is 7.72. The van der Waals surface area contributed by atoms with Crippen LogP contribution in [0.5, 0.6) is 0 Å². The number of hydrogen-bond acceptors (Lipinski definition) is 4. The molecule has 0 spiro atoms. The minimum atomic E-state index is 0.0470. The minimum Gasteiger partial charge on any atom is -0.324 e. The Bertz CT molecular complexity index is 287. The average molecular weight is 282 g/mol. The van der Waals surface area contributed by atoms with E-state index in [9.17, 15) is 0 Å². The second-order valence-electron chi connectivity index (χ2n) is 7.40. The van der Waals surface area contributed by atoms with Crippen molar-refractivity contribution in [2.45, 2.75) is 58.2 Å². The van der Waals surface area contributed by atoms with Gasteiger partial charge in [0.15, 0.2) is 0 Å². The van der Waals surface area contributed by atoms with Crippen LogP contribution >= 0.6 is 0 Å². The zero-order valence-corrected chi connectivity index (χ0v) is 13.9. The number of rotatable bonds is 4. The van der Waals surface area contributed by atoms with Crippen molar-refractivity contribution in [2.75, 3.05) is 45.8 Å². The van der Waals surface area contributed by atoms with E-state index in [0.29, 0.717) is 12.1 Å². The molecule has 4 heteroatoms. The number of piperidine rings is 1. The van der Waals surface area contributed by atoms with Crippen LogP contribution in [0.1, 0.15) is 40.5 Å². The van der Waals surface area contributed by atoms with Gasteiger partial charge in [-0.2, -0.15) is 0 Å². The standard InChI is InChI=1S/C16H34N4/c1-14(2)19-7-5-16(17,6-8-19)13-18-9-11-20(12-10-18)15(3)4/h14-15H,5-13,17H2,1-4H3. The lowest BCUT2D eigenvalue weighted by Gasteiger charge is -2.45. The second kappa shape index (κ2) is 6.73. The Hall–Kier alpha value is -0.160. The van der Waals surface area contributed by atoms with Crippen LogP contribution in [0.15, 0.2) is 0 Å². The molecule has 0 radical (unpaired) electrons. The third kappa shape index (κ3) is 4.17. The Morgan fingerprint density at radius 3 is 1.70 bits per heavy atom. The van der Waals surface area contributed by atoms with Crippen molar-refractivity contribution in [1.29, 1.82) is 0 Å². The summed E-state index contributed by atoms with van der Waals surface area (Å²) in [6.07, 6.45) is 2.30. The van der Waals surface area contributed by atoms with Crippen molar-refractivity contribution in [3.8, 4) is 0 Å². The van der Waals surface area contributed by atoms with Crippen LogP contribution in [0.25, 0.3) is 0 Å². The molecule has 2 N–H and O–H groups in total. The molecule has 0 amide bonds. The molecule has 2 rings (SSSR count). The lowest BCUT2D eigenvalue weighted by Crippen LogP contribution is -2.60. The van der Waals surface area contributed by atoms with Crippen LogP contribution in [0.2, 0.25) is 0 Å². The molecule has 0 saturated carbocycles. The van der Waals surface area contributed by atoms with E-state index in [2.05, 4.69) is 42.4 Å². The molecule has 0 aromatic rings. The van der Waals surface area contributed by atoms with Gasteiger partial charge in [-0.15, -0.1) is 0 Å². The molecule has 0 aromatic heterocycles. The van der Waals surface area contributed by atoms with Crippen LogP contribution in [0.3, 0.4) is 0 Å². The Kier molecular flexibility index (Phi) is 5.46. The number of nitrogens with zero attached hydrogens (tertiary/aromatic N) is 3. The monoisotopic (exact) mass is 282 g/mol. The van der Waals surface area contributed by atoms with Crippen LogP contribution in [-0.4, -0.2) is 78.1 Å². The first-order valence-electron chi connectivity index (χ1n) is 8.39. The Morgan fingerprint density at radius 1 is 0.800 bits per heavy atom. The van der Waals surface area contributed by atoms with E-state index in [4.69, 9.17) is 5.73 Å². The van der Waals surface area contributed by atoms with Crippen molar-refractivity contribution in [1.82, 2.24) is 14.7 Å². The van der Waals surface area contributed by atoms with Crippen molar-refractivity contribution >= 4 is 0 Å². The fourth-order valence-electron chi connectivity index (χ4n) is 3.53. The Labute approximate surface area is 125 Å². The summed E-state index contributed by atoms with van der Waals surface area (Å²) in [5.74, 6) is 0. The lowest BCUT2D eigenvalue weighted by molar-refractivity contribution is 0.0637. The molecule has 2 aliphatic rings. The van der Waals surface area contributed by atoms with Crippen LogP contribution in [0, 0.1) is 0 Å². The highest BCUT2D eigenvalue weighted by molar-refractivity contribution is 4.94. The number of likely N-dealkylation sites (tertiary alicyclic amines) is 1. The van der Waals surface area contributed by atoms with E-state index in [0.717, 1.165) is 19.4 Å². The van der Waals surface area contributed by atoms with Gasteiger partial charge in [0.1, 0.15) is 0 Å². The summed E-state index contributed by atoms with van der Waals surface area (Å²) in [6, 6.07) is 1.34. The molecule has 2 saturated heterocycles. The van der Waals surface area contributed by atoms with Gasteiger partial charge in [0.05, 0.1) is 0 Å². The van der Waals surface area contributed by atoms with E-state index in [-0.39, 0.29) is 5.54 Å².